The van der Waals surface area contributed by atoms with E-state index in [4.69, 9.17) is 16.3 Å². The number of hydrogen-bond donors (Lipinski definition) is 2. The molecule has 1 atom stereocenters. The number of rotatable bonds is 4. The van der Waals surface area contributed by atoms with Gasteiger partial charge in [-0.3, -0.25) is 4.90 Å². The molecule has 0 spiro atoms. The number of halogens is 1. The fourth-order valence-corrected chi connectivity index (χ4v) is 3.93. The number of piperazine rings is 1. The van der Waals surface area contributed by atoms with Crippen LogP contribution in [0.3, 0.4) is 0 Å². The molecule has 0 bridgehead atoms. The topological polar surface area (TPSA) is 44.7 Å². The van der Waals surface area contributed by atoms with Crippen molar-refractivity contribution in [1.29, 1.82) is 0 Å². The van der Waals surface area contributed by atoms with Crippen molar-refractivity contribution < 1.29 is 9.84 Å². The third-order valence-electron chi connectivity index (χ3n) is 3.95. The Morgan fingerprint density at radius 3 is 2.73 bits per heavy atom. The van der Waals surface area contributed by atoms with Gasteiger partial charge in [-0.1, -0.05) is 17.7 Å². The summed E-state index contributed by atoms with van der Waals surface area (Å²) in [4.78, 5) is 3.54. The SMILES string of the molecule is COc1ccc(Cl)c(O)c1[C@@H](c1cccs1)N1CCNCC1. The first kappa shape index (κ1) is 15.6. The van der Waals surface area contributed by atoms with Crippen LogP contribution in [0.25, 0.3) is 0 Å². The zero-order valence-corrected chi connectivity index (χ0v) is 14.0. The number of hydrogen-bond acceptors (Lipinski definition) is 5. The lowest BCUT2D eigenvalue weighted by molar-refractivity contribution is 0.195. The molecule has 1 aromatic heterocycles. The van der Waals surface area contributed by atoms with E-state index in [1.165, 1.54) is 4.88 Å². The van der Waals surface area contributed by atoms with E-state index in [0.717, 1.165) is 31.7 Å². The number of ether oxygens (including phenoxy) is 1. The Hall–Kier alpha value is -1.27. The van der Waals surface area contributed by atoms with Crippen LogP contribution in [0.5, 0.6) is 11.5 Å². The lowest BCUT2D eigenvalue weighted by Crippen LogP contribution is -2.45. The van der Waals surface area contributed by atoms with Crippen LogP contribution in [-0.4, -0.2) is 43.3 Å². The normalized spacial score (nSPS) is 17.4. The van der Waals surface area contributed by atoms with Crippen molar-refractivity contribution in [2.45, 2.75) is 6.04 Å². The van der Waals surface area contributed by atoms with Crippen LogP contribution < -0.4 is 10.1 Å². The minimum atomic E-state index is -0.0456. The van der Waals surface area contributed by atoms with Gasteiger partial charge in [0, 0.05) is 31.1 Å². The average molecular weight is 339 g/mol. The number of nitrogens with zero attached hydrogens (tertiary/aromatic N) is 1. The maximum absolute atomic E-state index is 10.6. The van der Waals surface area contributed by atoms with Gasteiger partial charge < -0.3 is 15.2 Å². The number of nitrogens with one attached hydrogen (secondary N) is 1. The molecule has 4 nitrogen and oxygen atoms in total. The summed E-state index contributed by atoms with van der Waals surface area (Å²) in [7, 11) is 1.62. The van der Waals surface area contributed by atoms with Crippen LogP contribution in [0.2, 0.25) is 5.02 Å². The summed E-state index contributed by atoms with van der Waals surface area (Å²) in [6, 6.07) is 7.57. The molecule has 1 fully saturated rings. The smallest absolute Gasteiger partial charge is 0.143 e. The number of thiophene rings is 1. The number of phenols is 1. The summed E-state index contributed by atoms with van der Waals surface area (Å²) >= 11 is 7.84. The Balaban J connectivity index is 2.11. The van der Waals surface area contributed by atoms with Crippen LogP contribution in [0.15, 0.2) is 29.6 Å². The minimum absolute atomic E-state index is 0.0456. The molecule has 2 aromatic rings. The van der Waals surface area contributed by atoms with E-state index in [2.05, 4.69) is 21.7 Å². The average Bonchev–Trinajstić information content (AvgIpc) is 3.07. The summed E-state index contributed by atoms with van der Waals surface area (Å²) in [5, 5.41) is 16.3. The molecule has 1 aliphatic heterocycles. The monoisotopic (exact) mass is 338 g/mol. The molecule has 0 radical (unpaired) electrons. The van der Waals surface area contributed by atoms with Gasteiger partial charge in [0.15, 0.2) is 0 Å². The van der Waals surface area contributed by atoms with Crippen LogP contribution in [0, 0.1) is 0 Å². The van der Waals surface area contributed by atoms with E-state index in [0.29, 0.717) is 10.8 Å². The molecule has 1 aromatic carbocycles. The molecule has 1 saturated heterocycles. The van der Waals surface area contributed by atoms with Gasteiger partial charge in [-0.05, 0) is 23.6 Å². The first-order valence-corrected chi connectivity index (χ1v) is 8.51. The van der Waals surface area contributed by atoms with Crippen LogP contribution in [-0.2, 0) is 0 Å². The summed E-state index contributed by atoms with van der Waals surface area (Å²) in [6.07, 6.45) is 0. The molecule has 0 saturated carbocycles. The molecule has 3 rings (SSSR count). The third kappa shape index (κ3) is 2.94. The van der Waals surface area contributed by atoms with Gasteiger partial charge >= 0.3 is 0 Å². The van der Waals surface area contributed by atoms with E-state index in [9.17, 15) is 5.11 Å². The number of methoxy groups -OCH3 is 1. The molecule has 0 unspecified atom stereocenters. The first-order valence-electron chi connectivity index (χ1n) is 7.26. The minimum Gasteiger partial charge on any atom is -0.506 e. The Bertz CT molecular complexity index is 627. The highest BCUT2D eigenvalue weighted by Gasteiger charge is 2.30. The predicted octanol–water partition coefficient (Wildman–Crippen LogP) is 3.11. The summed E-state index contributed by atoms with van der Waals surface area (Å²) in [5.41, 5.74) is 0.749. The second-order valence-electron chi connectivity index (χ2n) is 5.22. The van der Waals surface area contributed by atoms with E-state index >= 15 is 0 Å². The zero-order valence-electron chi connectivity index (χ0n) is 12.4. The predicted molar refractivity (Wildman–Crippen MR) is 90.3 cm³/mol. The molecule has 1 aliphatic rings. The van der Waals surface area contributed by atoms with Gasteiger partial charge in [0.05, 0.1) is 23.7 Å². The van der Waals surface area contributed by atoms with Crippen molar-refractivity contribution in [3.63, 3.8) is 0 Å². The second-order valence-corrected chi connectivity index (χ2v) is 6.60. The Morgan fingerprint density at radius 1 is 1.32 bits per heavy atom. The molecular formula is C16H19ClN2O2S. The van der Waals surface area contributed by atoms with Gasteiger partial charge in [0.1, 0.15) is 11.5 Å². The quantitative estimate of drug-likeness (QED) is 0.899. The molecule has 6 heteroatoms. The molecule has 0 aliphatic carbocycles. The Labute approximate surface area is 139 Å². The van der Waals surface area contributed by atoms with Gasteiger partial charge in [-0.25, -0.2) is 0 Å². The van der Waals surface area contributed by atoms with Gasteiger partial charge in [-0.2, -0.15) is 0 Å². The molecule has 118 valence electrons. The molecule has 2 heterocycles. The number of phenolic OH excluding ortho intramolecular Hbond substituents is 1. The van der Waals surface area contributed by atoms with Crippen molar-refractivity contribution in [3.05, 3.63) is 45.1 Å². The van der Waals surface area contributed by atoms with Gasteiger partial charge in [0.25, 0.3) is 0 Å². The largest absolute Gasteiger partial charge is 0.506 e. The standard InChI is InChI=1S/C16H19ClN2O2S/c1-21-12-5-4-11(17)16(20)14(12)15(13-3-2-10-22-13)19-8-6-18-7-9-19/h2-5,10,15,18,20H,6-9H2,1H3/t15-/m1/s1. The fourth-order valence-electron chi connectivity index (χ4n) is 2.90. The highest BCUT2D eigenvalue weighted by atomic mass is 35.5. The van der Waals surface area contributed by atoms with Crippen molar-refractivity contribution in [3.8, 4) is 11.5 Å². The van der Waals surface area contributed by atoms with E-state index in [1.807, 2.05) is 12.1 Å². The lowest BCUT2D eigenvalue weighted by Gasteiger charge is -2.35. The lowest BCUT2D eigenvalue weighted by atomic mass is 10.00. The van der Waals surface area contributed by atoms with Crippen LogP contribution in [0.4, 0.5) is 0 Å². The highest BCUT2D eigenvalue weighted by molar-refractivity contribution is 7.10. The zero-order chi connectivity index (χ0) is 15.5. The van der Waals surface area contributed by atoms with Crippen LogP contribution >= 0.6 is 22.9 Å². The maximum atomic E-state index is 10.6. The third-order valence-corrected chi connectivity index (χ3v) is 5.18. The maximum Gasteiger partial charge on any atom is 0.143 e. The van der Waals surface area contributed by atoms with Crippen LogP contribution in [0.1, 0.15) is 16.5 Å². The van der Waals surface area contributed by atoms with E-state index in [1.54, 1.807) is 24.5 Å². The summed E-state index contributed by atoms with van der Waals surface area (Å²) in [5.74, 6) is 0.775. The molecular weight excluding hydrogens is 320 g/mol. The van der Waals surface area contributed by atoms with Gasteiger partial charge in [-0.15, -0.1) is 11.3 Å². The van der Waals surface area contributed by atoms with Gasteiger partial charge in [0.2, 0.25) is 0 Å². The molecule has 0 amide bonds. The second kappa shape index (κ2) is 6.87. The Morgan fingerprint density at radius 2 is 2.09 bits per heavy atom. The van der Waals surface area contributed by atoms with Crippen molar-refractivity contribution in [1.82, 2.24) is 10.2 Å². The fraction of sp³-hybridized carbons (Fsp3) is 0.375. The van der Waals surface area contributed by atoms with E-state index < -0.39 is 0 Å². The summed E-state index contributed by atoms with van der Waals surface area (Å²) < 4.78 is 5.49. The molecule has 22 heavy (non-hydrogen) atoms. The molecule has 2 N–H and O–H groups in total. The van der Waals surface area contributed by atoms with E-state index in [-0.39, 0.29) is 11.8 Å². The first-order chi connectivity index (χ1) is 10.7. The van der Waals surface area contributed by atoms with Crippen molar-refractivity contribution in [2.75, 3.05) is 33.3 Å². The highest BCUT2D eigenvalue weighted by Crippen LogP contribution is 2.44. The van der Waals surface area contributed by atoms with Crippen molar-refractivity contribution in [2.24, 2.45) is 0 Å². The summed E-state index contributed by atoms with van der Waals surface area (Å²) in [6.45, 7) is 3.70. The Kier molecular flexibility index (Phi) is 4.88. The van der Waals surface area contributed by atoms with Crippen molar-refractivity contribution >= 4 is 22.9 Å². The number of aromatic hydroxyl groups is 1. The number of benzene rings is 1.